The lowest BCUT2D eigenvalue weighted by Gasteiger charge is -2.36. The molecule has 0 aromatic carbocycles. The molecule has 0 N–H and O–H groups in total. The molecule has 0 aromatic heterocycles. The van der Waals surface area contributed by atoms with Crippen molar-refractivity contribution in [1.29, 1.82) is 0 Å². The Labute approximate surface area is 71.3 Å². The maximum absolute atomic E-state index is 10.8. The van der Waals surface area contributed by atoms with E-state index >= 15 is 0 Å². The molecule has 1 saturated heterocycles. The third-order valence-corrected chi connectivity index (χ3v) is 2.33. The molecule has 0 aliphatic carbocycles. The van der Waals surface area contributed by atoms with E-state index in [1.165, 1.54) is 0 Å². The van der Waals surface area contributed by atoms with Crippen LogP contribution in [0.2, 0.25) is 0 Å². The third-order valence-electron chi connectivity index (χ3n) is 2.11. The van der Waals surface area contributed by atoms with Crippen molar-refractivity contribution in [2.24, 2.45) is 0 Å². The van der Waals surface area contributed by atoms with Crippen LogP contribution in [0.15, 0.2) is 0 Å². The van der Waals surface area contributed by atoms with Gasteiger partial charge in [-0.1, -0.05) is 0 Å². The van der Waals surface area contributed by atoms with E-state index in [1.807, 2.05) is 13.8 Å². The number of halogens is 1. The lowest BCUT2D eigenvalue weighted by atomic mass is 10.1. The van der Waals surface area contributed by atoms with E-state index in [0.29, 0.717) is 13.2 Å². The number of morpholine rings is 1. The molecular formula is C7H12ClNO2. The zero-order valence-corrected chi connectivity index (χ0v) is 7.47. The highest BCUT2D eigenvalue weighted by Gasteiger charge is 2.27. The molecule has 2 atom stereocenters. The van der Waals surface area contributed by atoms with Gasteiger partial charge in [0.05, 0.1) is 18.8 Å². The monoisotopic (exact) mass is 177 g/mol. The fraction of sp³-hybridized carbons (Fsp3) is 0.857. The van der Waals surface area contributed by atoms with Crippen molar-refractivity contribution in [2.45, 2.75) is 26.0 Å². The molecule has 1 fully saturated rings. The molecule has 0 unspecified atom stereocenters. The molecule has 1 aliphatic heterocycles. The fourth-order valence-corrected chi connectivity index (χ4v) is 1.42. The van der Waals surface area contributed by atoms with Crippen molar-refractivity contribution >= 4 is 17.0 Å². The van der Waals surface area contributed by atoms with Crippen LogP contribution >= 0.6 is 11.6 Å². The molecule has 3 nitrogen and oxygen atoms in total. The van der Waals surface area contributed by atoms with Crippen LogP contribution in [0.4, 0.5) is 4.79 Å². The summed E-state index contributed by atoms with van der Waals surface area (Å²) in [6.07, 6.45) is 0.0893. The second-order valence-corrected chi connectivity index (χ2v) is 3.09. The van der Waals surface area contributed by atoms with E-state index < -0.39 is 0 Å². The highest BCUT2D eigenvalue weighted by Crippen LogP contribution is 2.14. The van der Waals surface area contributed by atoms with E-state index in [9.17, 15) is 4.79 Å². The van der Waals surface area contributed by atoms with E-state index in [4.69, 9.17) is 16.3 Å². The topological polar surface area (TPSA) is 29.5 Å². The molecule has 4 heteroatoms. The van der Waals surface area contributed by atoms with E-state index in [2.05, 4.69) is 0 Å². The van der Waals surface area contributed by atoms with Gasteiger partial charge >= 0.3 is 5.37 Å². The highest BCUT2D eigenvalue weighted by atomic mass is 35.5. The summed E-state index contributed by atoms with van der Waals surface area (Å²) in [4.78, 5) is 12.4. The molecule has 1 rings (SSSR count). The number of nitrogens with zero attached hydrogens (tertiary/aromatic N) is 1. The van der Waals surface area contributed by atoms with Gasteiger partial charge in [0, 0.05) is 6.54 Å². The fourth-order valence-electron chi connectivity index (χ4n) is 1.18. The van der Waals surface area contributed by atoms with Gasteiger partial charge in [0.15, 0.2) is 0 Å². The Morgan fingerprint density at radius 1 is 1.64 bits per heavy atom. The van der Waals surface area contributed by atoms with Gasteiger partial charge < -0.3 is 9.64 Å². The number of hydrogen-bond donors (Lipinski definition) is 0. The van der Waals surface area contributed by atoms with Gasteiger partial charge in [-0.3, -0.25) is 4.79 Å². The quantitative estimate of drug-likeness (QED) is 0.414. The summed E-state index contributed by atoms with van der Waals surface area (Å²) in [7, 11) is 0. The van der Waals surface area contributed by atoms with Crippen LogP contribution in [0.1, 0.15) is 13.8 Å². The molecule has 0 radical (unpaired) electrons. The molecular weight excluding hydrogens is 166 g/mol. The van der Waals surface area contributed by atoms with E-state index in [1.54, 1.807) is 4.90 Å². The summed E-state index contributed by atoms with van der Waals surface area (Å²) in [6.45, 7) is 5.07. The number of carbonyl (C=O) groups excluding carboxylic acids is 1. The third kappa shape index (κ3) is 1.84. The first-order chi connectivity index (χ1) is 5.13. The van der Waals surface area contributed by atoms with Crippen molar-refractivity contribution in [1.82, 2.24) is 4.90 Å². The Balaban J connectivity index is 2.58. The number of rotatable bonds is 0. The summed E-state index contributed by atoms with van der Waals surface area (Å²) >= 11 is 5.35. The minimum absolute atomic E-state index is 0.0893. The number of hydrogen-bond acceptors (Lipinski definition) is 2. The number of carbonyl (C=O) groups is 1. The van der Waals surface area contributed by atoms with Crippen molar-refractivity contribution in [3.8, 4) is 0 Å². The van der Waals surface area contributed by atoms with Crippen molar-refractivity contribution in [2.75, 3.05) is 13.2 Å². The molecule has 0 saturated carbocycles. The second-order valence-electron chi connectivity index (χ2n) is 2.76. The zero-order valence-electron chi connectivity index (χ0n) is 6.71. The van der Waals surface area contributed by atoms with Crippen LogP contribution in [0.5, 0.6) is 0 Å². The summed E-state index contributed by atoms with van der Waals surface area (Å²) in [6, 6.07) is 0.0914. The van der Waals surface area contributed by atoms with Gasteiger partial charge in [-0.25, -0.2) is 0 Å². The summed E-state index contributed by atoms with van der Waals surface area (Å²) in [5.74, 6) is 0. The van der Waals surface area contributed by atoms with Gasteiger partial charge in [0.25, 0.3) is 0 Å². The summed E-state index contributed by atoms with van der Waals surface area (Å²) in [5, 5.41) is -0.382. The minimum Gasteiger partial charge on any atom is -0.375 e. The molecule has 0 bridgehead atoms. The Morgan fingerprint density at radius 2 is 2.27 bits per heavy atom. The molecule has 1 heterocycles. The predicted molar refractivity (Wildman–Crippen MR) is 42.8 cm³/mol. The lowest BCUT2D eigenvalue weighted by Crippen LogP contribution is -2.49. The van der Waals surface area contributed by atoms with Crippen LogP contribution in [0.3, 0.4) is 0 Å². The molecule has 11 heavy (non-hydrogen) atoms. The van der Waals surface area contributed by atoms with Gasteiger partial charge in [0.1, 0.15) is 0 Å². The van der Waals surface area contributed by atoms with Crippen LogP contribution < -0.4 is 0 Å². The maximum Gasteiger partial charge on any atom is 0.316 e. The zero-order chi connectivity index (χ0) is 8.43. The Bertz CT molecular complexity index is 163. The molecule has 0 spiro atoms. The van der Waals surface area contributed by atoms with Gasteiger partial charge in [-0.05, 0) is 25.4 Å². The maximum atomic E-state index is 10.8. The number of ether oxygens (including phenoxy) is 1. The van der Waals surface area contributed by atoms with E-state index in [0.717, 1.165) is 0 Å². The van der Waals surface area contributed by atoms with E-state index in [-0.39, 0.29) is 17.5 Å². The first kappa shape index (κ1) is 8.81. The first-order valence-corrected chi connectivity index (χ1v) is 4.08. The molecule has 0 aromatic rings. The van der Waals surface area contributed by atoms with Crippen LogP contribution in [-0.2, 0) is 4.74 Å². The van der Waals surface area contributed by atoms with Crippen molar-refractivity contribution < 1.29 is 9.53 Å². The van der Waals surface area contributed by atoms with Crippen LogP contribution in [0, 0.1) is 0 Å². The largest absolute Gasteiger partial charge is 0.375 e. The van der Waals surface area contributed by atoms with Crippen LogP contribution in [0.25, 0.3) is 0 Å². The average molecular weight is 178 g/mol. The standard InChI is InChI=1S/C7H12ClNO2/c1-5-6(2)11-4-3-9(5)7(8)10/h5-6H,3-4H2,1-2H3/t5-,6-/m0/s1. The molecule has 1 aliphatic rings. The highest BCUT2D eigenvalue weighted by molar-refractivity contribution is 6.62. The Hall–Kier alpha value is -0.280. The van der Waals surface area contributed by atoms with Crippen LogP contribution in [-0.4, -0.2) is 35.6 Å². The Kier molecular flexibility index (Phi) is 2.73. The molecule has 1 amide bonds. The summed E-state index contributed by atoms with van der Waals surface area (Å²) < 4.78 is 5.32. The Morgan fingerprint density at radius 3 is 2.73 bits per heavy atom. The van der Waals surface area contributed by atoms with Gasteiger partial charge in [0.2, 0.25) is 0 Å². The normalized spacial score (nSPS) is 32.1. The predicted octanol–water partition coefficient (Wildman–Crippen LogP) is 1.45. The SMILES string of the molecule is C[C@@H]1OCCN(C(=O)Cl)[C@H]1C. The second kappa shape index (κ2) is 3.41. The van der Waals surface area contributed by atoms with Gasteiger partial charge in [-0.2, -0.15) is 0 Å². The smallest absolute Gasteiger partial charge is 0.316 e. The molecule has 64 valence electrons. The number of amides is 1. The first-order valence-electron chi connectivity index (χ1n) is 3.70. The van der Waals surface area contributed by atoms with Crippen molar-refractivity contribution in [3.63, 3.8) is 0 Å². The van der Waals surface area contributed by atoms with Gasteiger partial charge in [-0.15, -0.1) is 0 Å². The average Bonchev–Trinajstić information content (AvgIpc) is 1.94. The lowest BCUT2D eigenvalue weighted by molar-refractivity contribution is -0.0338. The van der Waals surface area contributed by atoms with Crippen molar-refractivity contribution in [3.05, 3.63) is 0 Å². The minimum atomic E-state index is -0.382. The summed E-state index contributed by atoms with van der Waals surface area (Å²) in [5.41, 5.74) is 0.